The topological polar surface area (TPSA) is 108 Å². The Morgan fingerprint density at radius 1 is 1.12 bits per heavy atom. The van der Waals surface area contributed by atoms with Crippen LogP contribution >= 0.6 is 0 Å². The summed E-state index contributed by atoms with van der Waals surface area (Å²) in [6.07, 6.45) is 5.56. The van der Waals surface area contributed by atoms with Crippen molar-refractivity contribution in [1.29, 1.82) is 0 Å². The van der Waals surface area contributed by atoms with Gasteiger partial charge in [0.25, 0.3) is 0 Å². The van der Waals surface area contributed by atoms with Gasteiger partial charge < -0.3 is 9.47 Å². The van der Waals surface area contributed by atoms with Crippen LogP contribution < -0.4 is 14.2 Å². The molecule has 2 heterocycles. The van der Waals surface area contributed by atoms with Crippen LogP contribution in [0.1, 0.15) is 44.0 Å². The lowest BCUT2D eigenvalue weighted by Gasteiger charge is -2.22. The van der Waals surface area contributed by atoms with Crippen molar-refractivity contribution >= 4 is 10.0 Å². The molecule has 1 aromatic heterocycles. The Balaban J connectivity index is 1.48. The number of tetrazole rings is 1. The van der Waals surface area contributed by atoms with Crippen molar-refractivity contribution in [2.75, 3.05) is 13.2 Å². The van der Waals surface area contributed by atoms with Gasteiger partial charge in [0.2, 0.25) is 10.0 Å². The van der Waals surface area contributed by atoms with E-state index in [0.717, 1.165) is 25.7 Å². The number of ether oxygens (including phenoxy) is 2. The Kier molecular flexibility index (Phi) is 4.77. The van der Waals surface area contributed by atoms with Crippen LogP contribution in [-0.4, -0.2) is 41.8 Å². The first-order chi connectivity index (χ1) is 12.6. The minimum atomic E-state index is -3.71. The standard InChI is InChI=1S/C16H21N5O4S/c22-26(23,13-6-7-14-15(10-13)25-9-8-24-14)17-11-16-18-19-20-21(16)12-4-2-1-3-5-12/h6-7,10,12,17H,1-5,8-9,11H2. The van der Waals surface area contributed by atoms with Crippen LogP contribution in [0.3, 0.4) is 0 Å². The van der Waals surface area contributed by atoms with Crippen molar-refractivity contribution in [3.8, 4) is 11.5 Å². The van der Waals surface area contributed by atoms with Crippen molar-refractivity contribution in [1.82, 2.24) is 24.9 Å². The molecule has 4 rings (SSSR count). The van der Waals surface area contributed by atoms with Gasteiger partial charge in [-0.1, -0.05) is 19.3 Å². The second-order valence-electron chi connectivity index (χ2n) is 6.46. The fourth-order valence-corrected chi connectivity index (χ4v) is 4.37. The second kappa shape index (κ2) is 7.20. The van der Waals surface area contributed by atoms with E-state index in [1.807, 2.05) is 0 Å². The second-order valence-corrected chi connectivity index (χ2v) is 8.23. The molecule has 1 aliphatic heterocycles. The molecule has 0 spiro atoms. The Morgan fingerprint density at radius 2 is 1.88 bits per heavy atom. The summed E-state index contributed by atoms with van der Waals surface area (Å²) in [4.78, 5) is 0.124. The maximum atomic E-state index is 12.6. The normalized spacial score (nSPS) is 18.0. The molecule has 0 bridgehead atoms. The van der Waals surface area contributed by atoms with Crippen molar-refractivity contribution in [2.45, 2.75) is 49.6 Å². The third-order valence-corrected chi connectivity index (χ3v) is 6.12. The van der Waals surface area contributed by atoms with Gasteiger partial charge in [0.15, 0.2) is 17.3 Å². The molecule has 1 aromatic carbocycles. The lowest BCUT2D eigenvalue weighted by Crippen LogP contribution is -2.27. The van der Waals surface area contributed by atoms with Gasteiger partial charge in [-0.3, -0.25) is 0 Å². The van der Waals surface area contributed by atoms with Gasteiger partial charge in [-0.25, -0.2) is 17.8 Å². The van der Waals surface area contributed by atoms with Gasteiger partial charge in [0.1, 0.15) is 13.2 Å². The SMILES string of the molecule is O=S(=O)(NCc1nnnn1C1CCCCC1)c1ccc2c(c1)OCCO2. The van der Waals surface area contributed by atoms with Crippen molar-refractivity contribution in [3.63, 3.8) is 0 Å². The monoisotopic (exact) mass is 379 g/mol. The van der Waals surface area contributed by atoms with E-state index in [0.29, 0.717) is 30.5 Å². The number of nitrogens with one attached hydrogen (secondary N) is 1. The molecule has 1 fully saturated rings. The zero-order chi connectivity index (χ0) is 18.0. The van der Waals surface area contributed by atoms with Crippen molar-refractivity contribution in [3.05, 3.63) is 24.0 Å². The van der Waals surface area contributed by atoms with Crippen LogP contribution in [0, 0.1) is 0 Å². The largest absolute Gasteiger partial charge is 0.486 e. The van der Waals surface area contributed by atoms with Crippen molar-refractivity contribution in [2.24, 2.45) is 0 Å². The number of nitrogens with zero attached hydrogens (tertiary/aromatic N) is 4. The molecule has 140 valence electrons. The summed E-state index contributed by atoms with van der Waals surface area (Å²) in [5.41, 5.74) is 0. The minimum absolute atomic E-state index is 0.0419. The Hall–Kier alpha value is -2.20. The average Bonchev–Trinajstić information content (AvgIpc) is 3.15. The summed E-state index contributed by atoms with van der Waals surface area (Å²) in [6, 6.07) is 4.82. The molecule has 1 N–H and O–H groups in total. The predicted molar refractivity (Wildman–Crippen MR) is 91.4 cm³/mol. The zero-order valence-corrected chi connectivity index (χ0v) is 15.1. The fraction of sp³-hybridized carbons (Fsp3) is 0.562. The molecule has 9 nitrogen and oxygen atoms in total. The summed E-state index contributed by atoms with van der Waals surface area (Å²) in [6.45, 7) is 0.904. The molecule has 1 aliphatic carbocycles. The molecular weight excluding hydrogens is 358 g/mol. The van der Waals surface area contributed by atoms with E-state index in [1.54, 1.807) is 10.7 Å². The Morgan fingerprint density at radius 3 is 2.69 bits per heavy atom. The third kappa shape index (κ3) is 3.51. The zero-order valence-electron chi connectivity index (χ0n) is 14.3. The van der Waals surface area contributed by atoms with Crippen LogP contribution in [0.25, 0.3) is 0 Å². The highest BCUT2D eigenvalue weighted by Gasteiger charge is 2.23. The lowest BCUT2D eigenvalue weighted by molar-refractivity contribution is 0.171. The lowest BCUT2D eigenvalue weighted by atomic mass is 9.96. The van der Waals surface area contributed by atoms with E-state index in [4.69, 9.17) is 9.47 Å². The smallest absolute Gasteiger partial charge is 0.241 e. The average molecular weight is 379 g/mol. The van der Waals surface area contributed by atoms with Gasteiger partial charge in [-0.05, 0) is 35.4 Å². The molecule has 0 saturated heterocycles. The fourth-order valence-electron chi connectivity index (χ4n) is 3.37. The van der Waals surface area contributed by atoms with Gasteiger partial charge in [0.05, 0.1) is 17.5 Å². The molecule has 2 aliphatic rings. The number of sulfonamides is 1. The minimum Gasteiger partial charge on any atom is -0.486 e. The van der Waals surface area contributed by atoms with Gasteiger partial charge >= 0.3 is 0 Å². The first-order valence-electron chi connectivity index (χ1n) is 8.79. The summed E-state index contributed by atoms with van der Waals surface area (Å²) >= 11 is 0. The molecule has 26 heavy (non-hydrogen) atoms. The highest BCUT2D eigenvalue weighted by molar-refractivity contribution is 7.89. The molecule has 0 amide bonds. The van der Waals surface area contributed by atoms with Crippen LogP contribution in [-0.2, 0) is 16.6 Å². The van der Waals surface area contributed by atoms with E-state index < -0.39 is 10.0 Å². The van der Waals surface area contributed by atoms with Crippen LogP contribution in [0.15, 0.2) is 23.1 Å². The highest BCUT2D eigenvalue weighted by Crippen LogP contribution is 2.32. The van der Waals surface area contributed by atoms with Gasteiger partial charge in [-0.2, -0.15) is 0 Å². The molecule has 0 radical (unpaired) electrons. The van der Waals surface area contributed by atoms with Gasteiger partial charge in [0, 0.05) is 6.07 Å². The number of benzene rings is 1. The molecule has 0 unspecified atom stereocenters. The summed E-state index contributed by atoms with van der Waals surface area (Å²) in [5.74, 6) is 1.51. The number of hydrogen-bond acceptors (Lipinski definition) is 7. The van der Waals surface area contributed by atoms with E-state index in [9.17, 15) is 8.42 Å². The third-order valence-electron chi connectivity index (χ3n) is 4.73. The summed E-state index contributed by atoms with van der Waals surface area (Å²) < 4.78 is 40.4. The highest BCUT2D eigenvalue weighted by atomic mass is 32.2. The number of fused-ring (bicyclic) bond motifs is 1. The number of rotatable bonds is 5. The Bertz CT molecular complexity index is 877. The van der Waals surface area contributed by atoms with E-state index >= 15 is 0 Å². The first-order valence-corrected chi connectivity index (χ1v) is 10.3. The molecule has 2 aromatic rings. The quantitative estimate of drug-likeness (QED) is 0.837. The van der Waals surface area contributed by atoms with E-state index in [-0.39, 0.29) is 17.5 Å². The van der Waals surface area contributed by atoms with E-state index in [2.05, 4.69) is 20.2 Å². The predicted octanol–water partition coefficient (Wildman–Crippen LogP) is 1.43. The first kappa shape index (κ1) is 17.2. The summed E-state index contributed by atoms with van der Waals surface area (Å²) in [7, 11) is -3.71. The summed E-state index contributed by atoms with van der Waals surface area (Å²) in [5, 5.41) is 11.8. The number of aromatic nitrogens is 4. The van der Waals surface area contributed by atoms with Crippen LogP contribution in [0.5, 0.6) is 11.5 Å². The maximum Gasteiger partial charge on any atom is 0.241 e. The van der Waals surface area contributed by atoms with E-state index in [1.165, 1.54) is 18.6 Å². The van der Waals surface area contributed by atoms with Crippen LogP contribution in [0.4, 0.5) is 0 Å². The Labute approximate surface area is 151 Å². The maximum absolute atomic E-state index is 12.6. The van der Waals surface area contributed by atoms with Crippen molar-refractivity contribution < 1.29 is 17.9 Å². The molecule has 10 heteroatoms. The molecule has 1 saturated carbocycles. The number of hydrogen-bond donors (Lipinski definition) is 1. The molecular formula is C16H21N5O4S. The van der Waals surface area contributed by atoms with Crippen LogP contribution in [0.2, 0.25) is 0 Å². The molecule has 0 atom stereocenters. The van der Waals surface area contributed by atoms with Gasteiger partial charge in [-0.15, -0.1) is 5.10 Å².